The molecule has 92 valence electrons. The minimum absolute atomic E-state index is 0.623. The molecule has 16 heavy (non-hydrogen) atoms. The number of aryl methyl sites for hydroxylation is 1. The van der Waals surface area contributed by atoms with Crippen LogP contribution in [0.1, 0.15) is 26.5 Å². The van der Waals surface area contributed by atoms with Gasteiger partial charge >= 0.3 is 0 Å². The Kier molecular flexibility index (Phi) is 4.50. The average Bonchev–Trinajstić information content (AvgIpc) is 2.57. The third-order valence-corrected chi connectivity index (χ3v) is 2.66. The van der Waals surface area contributed by atoms with Crippen LogP contribution in [-0.2, 0) is 13.5 Å². The van der Waals surface area contributed by atoms with E-state index in [1.54, 1.807) is 0 Å². The zero-order valence-corrected chi connectivity index (χ0v) is 10.8. The first-order valence-corrected chi connectivity index (χ1v) is 5.84. The van der Waals surface area contributed by atoms with E-state index in [1.165, 1.54) is 5.69 Å². The number of rotatable bonds is 6. The lowest BCUT2D eigenvalue weighted by Crippen LogP contribution is -2.39. The number of aliphatic hydroxyl groups is 1. The zero-order chi connectivity index (χ0) is 12.2. The van der Waals surface area contributed by atoms with Crippen molar-refractivity contribution in [1.29, 1.82) is 0 Å². The highest BCUT2D eigenvalue weighted by Gasteiger charge is 2.17. The molecule has 0 saturated heterocycles. The minimum Gasteiger partial charge on any atom is -0.389 e. The lowest BCUT2D eigenvalue weighted by molar-refractivity contribution is 0.0381. The van der Waals surface area contributed by atoms with Gasteiger partial charge in [-0.2, -0.15) is 5.10 Å². The lowest BCUT2D eigenvalue weighted by Gasteiger charge is -2.27. The Balaban J connectivity index is 2.43. The lowest BCUT2D eigenvalue weighted by atomic mass is 10.1. The molecule has 1 aromatic rings. The van der Waals surface area contributed by atoms with E-state index in [2.05, 4.69) is 16.9 Å². The molecule has 0 unspecified atom stereocenters. The van der Waals surface area contributed by atoms with E-state index < -0.39 is 5.60 Å². The minimum atomic E-state index is -0.623. The second kappa shape index (κ2) is 5.46. The Morgan fingerprint density at radius 1 is 1.50 bits per heavy atom. The molecule has 0 radical (unpaired) electrons. The van der Waals surface area contributed by atoms with Crippen LogP contribution in [0.25, 0.3) is 0 Å². The van der Waals surface area contributed by atoms with E-state index in [0.717, 1.165) is 19.5 Å². The molecule has 0 fully saturated rings. The van der Waals surface area contributed by atoms with Gasteiger partial charge in [0.05, 0.1) is 5.60 Å². The van der Waals surface area contributed by atoms with E-state index in [1.807, 2.05) is 37.8 Å². The van der Waals surface area contributed by atoms with Gasteiger partial charge in [-0.25, -0.2) is 0 Å². The first-order valence-electron chi connectivity index (χ1n) is 5.84. The Morgan fingerprint density at radius 2 is 2.19 bits per heavy atom. The van der Waals surface area contributed by atoms with E-state index >= 15 is 0 Å². The van der Waals surface area contributed by atoms with Gasteiger partial charge in [0.25, 0.3) is 0 Å². The second-order valence-electron chi connectivity index (χ2n) is 4.88. The van der Waals surface area contributed by atoms with Gasteiger partial charge in [0.15, 0.2) is 0 Å². The zero-order valence-electron chi connectivity index (χ0n) is 10.8. The first kappa shape index (κ1) is 13.2. The summed E-state index contributed by atoms with van der Waals surface area (Å²) in [5, 5.41) is 13.9. The van der Waals surface area contributed by atoms with Gasteiger partial charge in [-0.15, -0.1) is 0 Å². The third kappa shape index (κ3) is 4.33. The van der Waals surface area contributed by atoms with Crippen LogP contribution >= 0.6 is 0 Å². The maximum atomic E-state index is 9.77. The van der Waals surface area contributed by atoms with E-state index in [0.29, 0.717) is 6.54 Å². The van der Waals surface area contributed by atoms with Crippen molar-refractivity contribution in [3.8, 4) is 0 Å². The highest BCUT2D eigenvalue weighted by molar-refractivity contribution is 5.00. The summed E-state index contributed by atoms with van der Waals surface area (Å²) in [4.78, 5) is 2.26. The van der Waals surface area contributed by atoms with Crippen molar-refractivity contribution in [2.24, 2.45) is 7.05 Å². The highest BCUT2D eigenvalue weighted by atomic mass is 16.3. The fourth-order valence-electron chi connectivity index (χ4n) is 1.82. The number of aromatic nitrogens is 2. The van der Waals surface area contributed by atoms with Gasteiger partial charge in [-0.1, -0.05) is 6.92 Å². The summed E-state index contributed by atoms with van der Waals surface area (Å²) in [7, 11) is 1.96. The number of nitrogens with zero attached hydrogens (tertiary/aromatic N) is 3. The Labute approximate surface area is 97.9 Å². The smallest absolute Gasteiger partial charge is 0.0718 e. The number of hydrogen-bond acceptors (Lipinski definition) is 3. The van der Waals surface area contributed by atoms with Crippen LogP contribution in [0.4, 0.5) is 0 Å². The van der Waals surface area contributed by atoms with E-state index in [9.17, 15) is 5.11 Å². The molecule has 0 aliphatic carbocycles. The first-order chi connectivity index (χ1) is 7.42. The molecular formula is C12H23N3O. The van der Waals surface area contributed by atoms with Gasteiger partial charge < -0.3 is 10.0 Å². The molecule has 1 heterocycles. The van der Waals surface area contributed by atoms with Crippen LogP contribution in [0.5, 0.6) is 0 Å². The van der Waals surface area contributed by atoms with Crippen LogP contribution in [0.15, 0.2) is 12.3 Å². The van der Waals surface area contributed by atoms with Crippen LogP contribution in [0.2, 0.25) is 0 Å². The largest absolute Gasteiger partial charge is 0.389 e. The predicted molar refractivity (Wildman–Crippen MR) is 65.3 cm³/mol. The van der Waals surface area contributed by atoms with Crippen molar-refractivity contribution in [2.75, 3.05) is 19.6 Å². The van der Waals surface area contributed by atoms with Gasteiger partial charge in [0, 0.05) is 38.4 Å². The molecule has 1 N–H and O–H groups in total. The maximum Gasteiger partial charge on any atom is 0.0718 e. The van der Waals surface area contributed by atoms with Crippen molar-refractivity contribution >= 4 is 0 Å². The summed E-state index contributed by atoms with van der Waals surface area (Å²) in [6, 6.07) is 2.04. The Bertz CT molecular complexity index is 314. The van der Waals surface area contributed by atoms with Gasteiger partial charge in [-0.05, 0) is 26.5 Å². The second-order valence-corrected chi connectivity index (χ2v) is 4.88. The molecule has 0 aromatic carbocycles. The fraction of sp³-hybridized carbons (Fsp3) is 0.750. The van der Waals surface area contributed by atoms with Crippen molar-refractivity contribution in [1.82, 2.24) is 14.7 Å². The molecule has 4 nitrogen and oxygen atoms in total. The molecule has 1 aromatic heterocycles. The number of hydrogen-bond donors (Lipinski definition) is 1. The maximum absolute atomic E-state index is 9.77. The SMILES string of the molecule is CCN(CCc1ccnn1C)CC(C)(C)O. The van der Waals surface area contributed by atoms with Crippen LogP contribution < -0.4 is 0 Å². The van der Waals surface area contributed by atoms with Gasteiger partial charge in [0.1, 0.15) is 0 Å². The topological polar surface area (TPSA) is 41.3 Å². The van der Waals surface area contributed by atoms with Crippen LogP contribution in [-0.4, -0.2) is 45.0 Å². The summed E-state index contributed by atoms with van der Waals surface area (Å²) in [6.45, 7) is 8.44. The molecule has 0 saturated carbocycles. The molecule has 0 spiro atoms. The molecule has 4 heteroatoms. The van der Waals surface area contributed by atoms with Crippen molar-refractivity contribution < 1.29 is 5.11 Å². The molecule has 0 aliphatic heterocycles. The fourth-order valence-corrected chi connectivity index (χ4v) is 1.82. The summed E-state index contributed by atoms with van der Waals surface area (Å²) < 4.78 is 1.90. The molecule has 0 amide bonds. The van der Waals surface area contributed by atoms with E-state index in [4.69, 9.17) is 0 Å². The third-order valence-electron chi connectivity index (χ3n) is 2.66. The number of likely N-dealkylation sites (N-methyl/N-ethyl adjacent to an activating group) is 1. The van der Waals surface area contributed by atoms with Gasteiger partial charge in [0.2, 0.25) is 0 Å². The standard InChI is InChI=1S/C12H23N3O/c1-5-15(10-12(2,3)16)9-7-11-6-8-13-14(11)4/h6,8,16H,5,7,9-10H2,1-4H3. The van der Waals surface area contributed by atoms with Crippen LogP contribution in [0.3, 0.4) is 0 Å². The summed E-state index contributed by atoms with van der Waals surface area (Å²) in [6.07, 6.45) is 2.79. The summed E-state index contributed by atoms with van der Waals surface area (Å²) in [5.41, 5.74) is 0.608. The monoisotopic (exact) mass is 225 g/mol. The van der Waals surface area contributed by atoms with Crippen molar-refractivity contribution in [2.45, 2.75) is 32.8 Å². The quantitative estimate of drug-likeness (QED) is 0.787. The molecule has 0 aliphatic rings. The summed E-state index contributed by atoms with van der Waals surface area (Å²) in [5.74, 6) is 0. The van der Waals surface area contributed by atoms with Crippen LogP contribution in [0, 0.1) is 0 Å². The molecule has 0 bridgehead atoms. The van der Waals surface area contributed by atoms with Gasteiger partial charge in [-0.3, -0.25) is 4.68 Å². The average molecular weight is 225 g/mol. The summed E-state index contributed by atoms with van der Waals surface area (Å²) >= 11 is 0. The Morgan fingerprint density at radius 3 is 2.62 bits per heavy atom. The highest BCUT2D eigenvalue weighted by Crippen LogP contribution is 2.06. The van der Waals surface area contributed by atoms with Crippen molar-refractivity contribution in [3.05, 3.63) is 18.0 Å². The Hall–Kier alpha value is -0.870. The van der Waals surface area contributed by atoms with E-state index in [-0.39, 0.29) is 0 Å². The van der Waals surface area contributed by atoms with Crippen molar-refractivity contribution in [3.63, 3.8) is 0 Å². The normalized spacial score (nSPS) is 12.4. The molecular weight excluding hydrogens is 202 g/mol. The molecule has 0 atom stereocenters. The predicted octanol–water partition coefficient (Wildman–Crippen LogP) is 1.06. The molecule has 1 rings (SSSR count).